The fourth-order valence-corrected chi connectivity index (χ4v) is 2.64. The van der Waals surface area contributed by atoms with Gasteiger partial charge in [0, 0.05) is 11.3 Å². The Bertz CT molecular complexity index is 953. The molecule has 0 aliphatic rings. The van der Waals surface area contributed by atoms with Crippen LogP contribution >= 0.6 is 0 Å². The minimum atomic E-state index is -0.352. The van der Waals surface area contributed by atoms with Crippen LogP contribution in [0.2, 0.25) is 0 Å². The molecule has 0 heterocycles. The van der Waals surface area contributed by atoms with Gasteiger partial charge in [0.1, 0.15) is 18.1 Å². The molecular weight excluding hydrogens is 382 g/mol. The Labute approximate surface area is 175 Å². The summed E-state index contributed by atoms with van der Waals surface area (Å²) in [5.41, 5.74) is 2.06. The maximum Gasteiger partial charge on any atom is 0.309 e. The quantitative estimate of drug-likeness (QED) is 0.532. The summed E-state index contributed by atoms with van der Waals surface area (Å²) in [7, 11) is 1.60. The molecule has 154 valence electrons. The zero-order valence-corrected chi connectivity index (χ0v) is 16.7. The Morgan fingerprint density at radius 2 is 1.50 bits per heavy atom. The topological polar surface area (TPSA) is 73.9 Å². The first-order valence-corrected chi connectivity index (χ1v) is 9.52. The molecule has 0 aromatic heterocycles. The van der Waals surface area contributed by atoms with Crippen molar-refractivity contribution in [1.82, 2.24) is 0 Å². The highest BCUT2D eigenvalue weighted by molar-refractivity contribution is 6.04. The molecule has 0 atom stereocenters. The Morgan fingerprint density at radius 3 is 2.17 bits per heavy atom. The van der Waals surface area contributed by atoms with E-state index in [0.29, 0.717) is 11.3 Å². The van der Waals surface area contributed by atoms with Gasteiger partial charge in [-0.15, -0.1) is 0 Å². The third-order valence-corrected chi connectivity index (χ3v) is 4.28. The van der Waals surface area contributed by atoms with Gasteiger partial charge in [-0.2, -0.15) is 0 Å². The second kappa shape index (κ2) is 10.7. The molecule has 0 saturated carbocycles. The monoisotopic (exact) mass is 405 g/mol. The molecule has 30 heavy (non-hydrogen) atoms. The molecule has 1 N–H and O–H groups in total. The van der Waals surface area contributed by atoms with Gasteiger partial charge in [-0.25, -0.2) is 0 Å². The maximum atomic E-state index is 12.2. The number of hydrogen-bond donors (Lipinski definition) is 1. The van der Waals surface area contributed by atoms with Gasteiger partial charge in [0.05, 0.1) is 20.1 Å². The van der Waals surface area contributed by atoms with Gasteiger partial charge in [0.25, 0.3) is 5.91 Å². The fraction of sp³-hybridized carbons (Fsp3) is 0.167. The summed E-state index contributed by atoms with van der Waals surface area (Å²) in [6.07, 6.45) is 0.142. The van der Waals surface area contributed by atoms with Gasteiger partial charge in [-0.1, -0.05) is 30.3 Å². The van der Waals surface area contributed by atoms with Crippen molar-refractivity contribution in [3.8, 4) is 11.5 Å². The number of carbonyl (C=O) groups is 2. The molecule has 6 heteroatoms. The van der Waals surface area contributed by atoms with Crippen molar-refractivity contribution in [2.24, 2.45) is 0 Å². The van der Waals surface area contributed by atoms with E-state index in [9.17, 15) is 9.59 Å². The average Bonchev–Trinajstić information content (AvgIpc) is 2.79. The number of hydrogen-bond acceptors (Lipinski definition) is 5. The van der Waals surface area contributed by atoms with Crippen LogP contribution in [0.15, 0.2) is 78.9 Å². The molecule has 0 bridgehead atoms. The van der Waals surface area contributed by atoms with Crippen molar-refractivity contribution in [1.29, 1.82) is 0 Å². The van der Waals surface area contributed by atoms with Crippen LogP contribution in [0.1, 0.15) is 22.3 Å². The summed E-state index contributed by atoms with van der Waals surface area (Å²) >= 11 is 0. The van der Waals surface area contributed by atoms with E-state index in [-0.39, 0.29) is 31.5 Å². The lowest BCUT2D eigenvalue weighted by atomic mass is 10.1. The first-order chi connectivity index (χ1) is 14.6. The molecule has 6 nitrogen and oxygen atoms in total. The molecule has 3 aromatic carbocycles. The third-order valence-electron chi connectivity index (χ3n) is 4.28. The second-order valence-corrected chi connectivity index (χ2v) is 6.45. The fourth-order valence-electron chi connectivity index (χ4n) is 2.64. The Morgan fingerprint density at radius 1 is 0.833 bits per heavy atom. The zero-order valence-electron chi connectivity index (χ0n) is 16.7. The molecular formula is C24H23NO5. The molecule has 3 rings (SSSR count). The summed E-state index contributed by atoms with van der Waals surface area (Å²) in [4.78, 5) is 24.1. The summed E-state index contributed by atoms with van der Waals surface area (Å²) in [6.45, 7) is 0.367. The summed E-state index contributed by atoms with van der Waals surface area (Å²) in [5.74, 6) is 0.855. The van der Waals surface area contributed by atoms with Crippen molar-refractivity contribution in [3.05, 3.63) is 90.0 Å². The first kappa shape index (κ1) is 20.9. The molecule has 0 radical (unpaired) electrons. The minimum Gasteiger partial charge on any atom is -0.497 e. The number of ether oxygens (including phenoxy) is 3. The van der Waals surface area contributed by atoms with Crippen molar-refractivity contribution in [2.75, 3.05) is 19.0 Å². The predicted molar refractivity (Wildman–Crippen MR) is 114 cm³/mol. The number of benzene rings is 3. The van der Waals surface area contributed by atoms with Crippen LogP contribution in [-0.4, -0.2) is 25.6 Å². The number of nitrogens with one attached hydrogen (secondary N) is 1. The van der Waals surface area contributed by atoms with E-state index in [1.165, 1.54) is 0 Å². The molecule has 0 unspecified atom stereocenters. The minimum absolute atomic E-state index is 0.141. The van der Waals surface area contributed by atoms with E-state index >= 15 is 0 Å². The van der Waals surface area contributed by atoms with Crippen molar-refractivity contribution >= 4 is 17.6 Å². The number of rotatable bonds is 9. The van der Waals surface area contributed by atoms with Gasteiger partial charge in [-0.05, 0) is 54.1 Å². The molecule has 0 aliphatic carbocycles. The molecule has 0 aliphatic heterocycles. The van der Waals surface area contributed by atoms with Gasteiger partial charge >= 0.3 is 5.97 Å². The summed E-state index contributed by atoms with van der Waals surface area (Å²) in [6, 6.07) is 23.3. The smallest absolute Gasteiger partial charge is 0.309 e. The van der Waals surface area contributed by atoms with Crippen LogP contribution in [0.5, 0.6) is 11.5 Å². The normalized spacial score (nSPS) is 10.2. The number of para-hydroxylation sites is 1. The average molecular weight is 405 g/mol. The molecule has 1 amide bonds. The number of esters is 1. The summed E-state index contributed by atoms with van der Waals surface area (Å²) < 4.78 is 15.9. The largest absolute Gasteiger partial charge is 0.497 e. The standard InChI is InChI=1S/C24H23NO5/c1-28-21-11-13-22(14-12-21)29-16-15-23(26)30-17-18-7-9-19(10-8-18)24(27)25-20-5-3-2-4-6-20/h2-14H,15-17H2,1H3,(H,25,27). The lowest BCUT2D eigenvalue weighted by Gasteiger charge is -2.08. The molecule has 0 saturated heterocycles. The van der Waals surface area contributed by atoms with E-state index < -0.39 is 0 Å². The number of amides is 1. The lowest BCUT2D eigenvalue weighted by Crippen LogP contribution is -2.12. The summed E-state index contributed by atoms with van der Waals surface area (Å²) in [5, 5.41) is 2.83. The van der Waals surface area contributed by atoms with E-state index in [1.54, 1.807) is 55.6 Å². The van der Waals surface area contributed by atoms with E-state index in [0.717, 1.165) is 17.0 Å². The van der Waals surface area contributed by atoms with Crippen molar-refractivity contribution in [2.45, 2.75) is 13.0 Å². The zero-order chi connectivity index (χ0) is 21.2. The van der Waals surface area contributed by atoms with E-state index in [1.807, 2.05) is 30.3 Å². The second-order valence-electron chi connectivity index (χ2n) is 6.45. The van der Waals surface area contributed by atoms with Gasteiger partial charge < -0.3 is 19.5 Å². The molecule has 3 aromatic rings. The Hall–Kier alpha value is -3.80. The van der Waals surface area contributed by atoms with Gasteiger partial charge in [0.15, 0.2) is 0 Å². The number of anilines is 1. The third kappa shape index (κ3) is 6.38. The highest BCUT2D eigenvalue weighted by atomic mass is 16.5. The highest BCUT2D eigenvalue weighted by Gasteiger charge is 2.08. The van der Waals surface area contributed by atoms with Crippen LogP contribution in [0.25, 0.3) is 0 Å². The Balaban J connectivity index is 1.39. The van der Waals surface area contributed by atoms with Gasteiger partial charge in [0.2, 0.25) is 0 Å². The Kier molecular flexibility index (Phi) is 7.44. The number of carbonyl (C=O) groups excluding carboxylic acids is 2. The van der Waals surface area contributed by atoms with Crippen LogP contribution in [0.3, 0.4) is 0 Å². The SMILES string of the molecule is COc1ccc(OCCC(=O)OCc2ccc(C(=O)Nc3ccccc3)cc2)cc1. The van der Waals surface area contributed by atoms with Gasteiger partial charge in [-0.3, -0.25) is 9.59 Å². The van der Waals surface area contributed by atoms with Crippen LogP contribution < -0.4 is 14.8 Å². The lowest BCUT2D eigenvalue weighted by molar-refractivity contribution is -0.145. The van der Waals surface area contributed by atoms with Crippen molar-refractivity contribution < 1.29 is 23.8 Å². The van der Waals surface area contributed by atoms with E-state index in [4.69, 9.17) is 14.2 Å². The molecule has 0 spiro atoms. The first-order valence-electron chi connectivity index (χ1n) is 9.52. The predicted octanol–water partition coefficient (Wildman–Crippen LogP) is 4.46. The van der Waals surface area contributed by atoms with Crippen molar-refractivity contribution in [3.63, 3.8) is 0 Å². The highest BCUT2D eigenvalue weighted by Crippen LogP contribution is 2.17. The van der Waals surface area contributed by atoms with Crippen LogP contribution in [0, 0.1) is 0 Å². The number of methoxy groups -OCH3 is 1. The van der Waals surface area contributed by atoms with Crippen LogP contribution in [0.4, 0.5) is 5.69 Å². The van der Waals surface area contributed by atoms with E-state index in [2.05, 4.69) is 5.32 Å². The maximum absolute atomic E-state index is 12.2. The molecule has 0 fully saturated rings. The van der Waals surface area contributed by atoms with Crippen LogP contribution in [-0.2, 0) is 16.1 Å².